The summed E-state index contributed by atoms with van der Waals surface area (Å²) in [4.78, 5) is 32.9. The second-order valence-corrected chi connectivity index (χ2v) is 5.94. The number of carboxylic acids is 1. The van der Waals surface area contributed by atoms with E-state index in [-0.39, 0.29) is 12.2 Å². The molecule has 0 saturated carbocycles. The molecule has 0 unspecified atom stereocenters. The molecule has 0 fully saturated rings. The SMILES string of the molecule is CC(C)(C)OC(=O)N[C@H](CCSCC(=O)O)C(N)=O. The number of hydrogen-bond acceptors (Lipinski definition) is 5. The topological polar surface area (TPSA) is 119 Å². The molecule has 7 nitrogen and oxygen atoms in total. The van der Waals surface area contributed by atoms with Crippen LogP contribution in [0.15, 0.2) is 0 Å². The average molecular weight is 292 g/mol. The first-order chi connectivity index (χ1) is 8.61. The predicted octanol–water partition coefficient (Wildman–Crippen LogP) is 0.573. The van der Waals surface area contributed by atoms with Crippen LogP contribution in [0, 0.1) is 0 Å². The summed E-state index contributed by atoms with van der Waals surface area (Å²) in [5, 5.41) is 10.8. The zero-order valence-electron chi connectivity index (χ0n) is 11.3. The van der Waals surface area contributed by atoms with Gasteiger partial charge >= 0.3 is 12.1 Å². The van der Waals surface area contributed by atoms with Crippen molar-refractivity contribution < 1.29 is 24.2 Å². The number of thioether (sulfide) groups is 1. The molecule has 1 atom stereocenters. The predicted molar refractivity (Wildman–Crippen MR) is 71.9 cm³/mol. The fourth-order valence-electron chi connectivity index (χ4n) is 1.10. The summed E-state index contributed by atoms with van der Waals surface area (Å²) < 4.78 is 5.00. The molecule has 19 heavy (non-hydrogen) atoms. The largest absolute Gasteiger partial charge is 0.481 e. The number of primary amides is 1. The molecule has 0 radical (unpaired) electrons. The number of nitrogens with one attached hydrogen (secondary N) is 1. The molecule has 0 rings (SSSR count). The molecule has 8 heteroatoms. The first kappa shape index (κ1) is 17.6. The molecule has 110 valence electrons. The monoisotopic (exact) mass is 292 g/mol. The van der Waals surface area contributed by atoms with Gasteiger partial charge in [-0.25, -0.2) is 4.79 Å². The Morgan fingerprint density at radius 3 is 2.37 bits per heavy atom. The number of aliphatic carboxylic acids is 1. The maximum atomic E-state index is 11.5. The van der Waals surface area contributed by atoms with Crippen LogP contribution in [0.25, 0.3) is 0 Å². The second kappa shape index (κ2) is 7.88. The van der Waals surface area contributed by atoms with Gasteiger partial charge in [0.25, 0.3) is 0 Å². The maximum Gasteiger partial charge on any atom is 0.408 e. The highest BCUT2D eigenvalue weighted by molar-refractivity contribution is 7.99. The van der Waals surface area contributed by atoms with Crippen molar-refractivity contribution in [2.75, 3.05) is 11.5 Å². The fourth-order valence-corrected chi connectivity index (χ4v) is 1.82. The van der Waals surface area contributed by atoms with Crippen LogP contribution in [0.4, 0.5) is 4.79 Å². The van der Waals surface area contributed by atoms with Crippen molar-refractivity contribution in [3.8, 4) is 0 Å². The van der Waals surface area contributed by atoms with Gasteiger partial charge in [0, 0.05) is 0 Å². The van der Waals surface area contributed by atoms with Crippen LogP contribution >= 0.6 is 11.8 Å². The van der Waals surface area contributed by atoms with E-state index < -0.39 is 29.6 Å². The maximum absolute atomic E-state index is 11.5. The van der Waals surface area contributed by atoms with Crippen molar-refractivity contribution in [3.05, 3.63) is 0 Å². The number of carbonyl (C=O) groups is 3. The van der Waals surface area contributed by atoms with Gasteiger partial charge in [0.2, 0.25) is 5.91 Å². The molecular weight excluding hydrogens is 272 g/mol. The number of rotatable bonds is 7. The lowest BCUT2D eigenvalue weighted by Crippen LogP contribution is -2.46. The first-order valence-corrected chi connectivity index (χ1v) is 6.85. The van der Waals surface area contributed by atoms with Crippen molar-refractivity contribution in [1.29, 1.82) is 0 Å². The van der Waals surface area contributed by atoms with E-state index in [0.717, 1.165) is 11.8 Å². The molecule has 0 heterocycles. The van der Waals surface area contributed by atoms with E-state index in [4.69, 9.17) is 15.6 Å². The van der Waals surface area contributed by atoms with Gasteiger partial charge in [0.05, 0.1) is 5.75 Å². The van der Waals surface area contributed by atoms with Gasteiger partial charge < -0.3 is 20.9 Å². The standard InChI is InChI=1S/C11H20N2O5S/c1-11(2,3)18-10(17)13-7(9(12)16)4-5-19-6-8(14)15/h7H,4-6H2,1-3H3,(H2,12,16)(H,13,17)(H,14,15)/t7-/m1/s1. The summed E-state index contributed by atoms with van der Waals surface area (Å²) in [5.41, 5.74) is 4.49. The van der Waals surface area contributed by atoms with E-state index in [1.165, 1.54) is 0 Å². The van der Waals surface area contributed by atoms with Crippen molar-refractivity contribution in [2.45, 2.75) is 38.8 Å². The van der Waals surface area contributed by atoms with Gasteiger partial charge in [-0.15, -0.1) is 0 Å². The minimum Gasteiger partial charge on any atom is -0.481 e. The van der Waals surface area contributed by atoms with Gasteiger partial charge in [-0.2, -0.15) is 11.8 Å². The minimum atomic E-state index is -0.930. The number of carbonyl (C=O) groups excluding carboxylic acids is 2. The Morgan fingerprint density at radius 1 is 1.37 bits per heavy atom. The van der Waals surface area contributed by atoms with Crippen molar-refractivity contribution in [3.63, 3.8) is 0 Å². The third-order valence-electron chi connectivity index (χ3n) is 1.81. The summed E-state index contributed by atoms with van der Waals surface area (Å²) in [6, 6.07) is -0.865. The van der Waals surface area contributed by atoms with Crippen LogP contribution in [0.2, 0.25) is 0 Å². The van der Waals surface area contributed by atoms with E-state index in [1.54, 1.807) is 20.8 Å². The summed E-state index contributed by atoms with van der Waals surface area (Å²) >= 11 is 1.15. The number of nitrogens with two attached hydrogens (primary N) is 1. The molecule has 2 amide bonds. The molecule has 0 aliphatic rings. The molecule has 0 saturated heterocycles. The number of alkyl carbamates (subject to hydrolysis) is 1. The van der Waals surface area contributed by atoms with Crippen molar-refractivity contribution in [1.82, 2.24) is 5.32 Å². The third-order valence-corrected chi connectivity index (χ3v) is 2.79. The van der Waals surface area contributed by atoms with Crippen LogP contribution in [0.1, 0.15) is 27.2 Å². The van der Waals surface area contributed by atoms with Crippen LogP contribution in [-0.4, -0.2) is 46.2 Å². The van der Waals surface area contributed by atoms with E-state index in [9.17, 15) is 14.4 Å². The normalized spacial score (nSPS) is 12.6. The smallest absolute Gasteiger partial charge is 0.408 e. The number of hydrogen-bond donors (Lipinski definition) is 3. The van der Waals surface area contributed by atoms with Gasteiger partial charge in [-0.05, 0) is 32.9 Å². The number of ether oxygens (including phenoxy) is 1. The van der Waals surface area contributed by atoms with E-state index >= 15 is 0 Å². The zero-order chi connectivity index (χ0) is 15.1. The molecule has 0 aromatic carbocycles. The van der Waals surface area contributed by atoms with Crippen molar-refractivity contribution in [2.24, 2.45) is 5.73 Å². The van der Waals surface area contributed by atoms with Crippen LogP contribution < -0.4 is 11.1 Å². The number of carboxylic acid groups (broad SMARTS) is 1. The lowest BCUT2D eigenvalue weighted by Gasteiger charge is -2.22. The molecular formula is C11H20N2O5S. The van der Waals surface area contributed by atoms with E-state index in [2.05, 4.69) is 5.32 Å². The van der Waals surface area contributed by atoms with Crippen LogP contribution in [-0.2, 0) is 14.3 Å². The molecule has 4 N–H and O–H groups in total. The van der Waals surface area contributed by atoms with Gasteiger partial charge in [-0.3, -0.25) is 9.59 Å². The summed E-state index contributed by atoms with van der Waals surface area (Å²) in [7, 11) is 0. The van der Waals surface area contributed by atoms with Gasteiger partial charge in [0.15, 0.2) is 0 Å². The van der Waals surface area contributed by atoms with Crippen LogP contribution in [0.3, 0.4) is 0 Å². The Kier molecular flexibility index (Phi) is 7.28. The van der Waals surface area contributed by atoms with Gasteiger partial charge in [0.1, 0.15) is 11.6 Å². The summed E-state index contributed by atoms with van der Waals surface area (Å²) in [5.74, 6) is -1.27. The van der Waals surface area contributed by atoms with Gasteiger partial charge in [-0.1, -0.05) is 0 Å². The summed E-state index contributed by atoms with van der Waals surface area (Å²) in [6.45, 7) is 5.11. The summed E-state index contributed by atoms with van der Waals surface area (Å²) in [6.07, 6.45) is -0.466. The van der Waals surface area contributed by atoms with E-state index in [0.29, 0.717) is 5.75 Å². The lowest BCUT2D eigenvalue weighted by atomic mass is 10.2. The first-order valence-electron chi connectivity index (χ1n) is 5.70. The third kappa shape index (κ3) is 10.2. The molecule has 0 spiro atoms. The zero-order valence-corrected chi connectivity index (χ0v) is 12.1. The average Bonchev–Trinajstić information content (AvgIpc) is 2.19. The Hall–Kier alpha value is -1.44. The second-order valence-electron chi connectivity index (χ2n) is 4.84. The molecule has 0 aromatic heterocycles. The highest BCUT2D eigenvalue weighted by Crippen LogP contribution is 2.08. The Labute approximate surface area is 116 Å². The minimum absolute atomic E-state index is 0.0576. The molecule has 0 aliphatic carbocycles. The molecule has 0 aromatic rings. The Bertz CT molecular complexity index is 340. The quantitative estimate of drug-likeness (QED) is 0.590. The van der Waals surface area contributed by atoms with E-state index in [1.807, 2.05) is 0 Å². The highest BCUT2D eigenvalue weighted by atomic mass is 32.2. The Balaban J connectivity index is 4.16. The Morgan fingerprint density at radius 2 is 1.95 bits per heavy atom. The highest BCUT2D eigenvalue weighted by Gasteiger charge is 2.22. The fraction of sp³-hybridized carbons (Fsp3) is 0.727. The lowest BCUT2D eigenvalue weighted by molar-refractivity contribution is -0.133. The van der Waals surface area contributed by atoms with Crippen LogP contribution in [0.5, 0.6) is 0 Å². The molecule has 0 aliphatic heterocycles. The number of amides is 2. The molecule has 0 bridgehead atoms. The van der Waals surface area contributed by atoms with Crippen molar-refractivity contribution >= 4 is 29.7 Å².